The van der Waals surface area contributed by atoms with Crippen molar-refractivity contribution >= 4 is 5.78 Å². The van der Waals surface area contributed by atoms with E-state index in [2.05, 4.69) is 0 Å². The van der Waals surface area contributed by atoms with Crippen LogP contribution in [0.15, 0.2) is 18.2 Å². The molecule has 4 heteroatoms. The Morgan fingerprint density at radius 2 is 1.81 bits per heavy atom. The zero-order valence-electron chi connectivity index (χ0n) is 9.51. The van der Waals surface area contributed by atoms with Gasteiger partial charge in [0.15, 0.2) is 5.78 Å². The largest absolute Gasteiger partial charge is 0.370 e. The number of carbonyl (C=O) groups is 1. The van der Waals surface area contributed by atoms with E-state index in [4.69, 9.17) is 4.74 Å². The fourth-order valence-electron chi connectivity index (χ4n) is 1.39. The summed E-state index contributed by atoms with van der Waals surface area (Å²) in [5.74, 6) is -1.95. The second-order valence-corrected chi connectivity index (χ2v) is 3.78. The summed E-state index contributed by atoms with van der Waals surface area (Å²) >= 11 is 0. The molecule has 1 atom stereocenters. The summed E-state index contributed by atoms with van der Waals surface area (Å²) in [4.78, 5) is 12.0. The molecule has 1 aromatic carbocycles. The molecule has 0 amide bonds. The van der Waals surface area contributed by atoms with Gasteiger partial charge in [-0.3, -0.25) is 4.79 Å². The van der Waals surface area contributed by atoms with Crippen molar-refractivity contribution in [2.24, 2.45) is 0 Å². The second-order valence-electron chi connectivity index (χ2n) is 3.78. The van der Waals surface area contributed by atoms with Crippen LogP contribution in [-0.2, 0) is 4.74 Å². The molecule has 1 aromatic rings. The van der Waals surface area contributed by atoms with Crippen LogP contribution in [0.3, 0.4) is 0 Å². The minimum absolute atomic E-state index is 0.0105. The maximum absolute atomic E-state index is 13.0. The first kappa shape index (κ1) is 12.8. The van der Waals surface area contributed by atoms with Gasteiger partial charge in [-0.1, -0.05) is 6.92 Å². The Hall–Kier alpha value is -1.29. The number of halogens is 2. The van der Waals surface area contributed by atoms with Gasteiger partial charge in [0.05, 0.1) is 0 Å². The molecule has 0 aliphatic rings. The fraction of sp³-hybridized carbons (Fsp3) is 0.417. The number of hydrogen-bond donors (Lipinski definition) is 0. The highest BCUT2D eigenvalue weighted by Crippen LogP contribution is 2.21. The molecule has 0 spiro atoms. The number of methoxy groups -OCH3 is 1. The van der Waals surface area contributed by atoms with Gasteiger partial charge in [0.1, 0.15) is 17.2 Å². The first-order chi connectivity index (χ1) is 7.42. The molecule has 0 radical (unpaired) electrons. The summed E-state index contributed by atoms with van der Waals surface area (Å²) in [6.07, 6.45) is 0.431. The Morgan fingerprint density at radius 1 is 1.31 bits per heavy atom. The molecule has 0 saturated carbocycles. The Balaban J connectivity index is 3.13. The van der Waals surface area contributed by atoms with Crippen LogP contribution in [0.4, 0.5) is 8.78 Å². The number of ether oxygens (including phenoxy) is 1. The summed E-state index contributed by atoms with van der Waals surface area (Å²) in [5, 5.41) is 0. The molecule has 0 aromatic heterocycles. The third-order valence-corrected chi connectivity index (χ3v) is 2.73. The Morgan fingerprint density at radius 3 is 2.19 bits per heavy atom. The quantitative estimate of drug-likeness (QED) is 0.740. The van der Waals surface area contributed by atoms with Crippen LogP contribution >= 0.6 is 0 Å². The smallest absolute Gasteiger partial charge is 0.194 e. The molecule has 0 aliphatic heterocycles. The van der Waals surface area contributed by atoms with Crippen LogP contribution in [-0.4, -0.2) is 18.5 Å². The summed E-state index contributed by atoms with van der Waals surface area (Å²) in [6, 6.07) is 2.75. The first-order valence-electron chi connectivity index (χ1n) is 4.99. The Labute approximate surface area is 93.2 Å². The van der Waals surface area contributed by atoms with Crippen molar-refractivity contribution in [3.8, 4) is 0 Å². The van der Waals surface area contributed by atoms with Crippen molar-refractivity contribution in [2.45, 2.75) is 25.9 Å². The van der Waals surface area contributed by atoms with Gasteiger partial charge in [0, 0.05) is 18.7 Å². The minimum Gasteiger partial charge on any atom is -0.370 e. The molecule has 2 nitrogen and oxygen atoms in total. The highest BCUT2D eigenvalue weighted by atomic mass is 19.1. The van der Waals surface area contributed by atoms with E-state index in [9.17, 15) is 13.6 Å². The van der Waals surface area contributed by atoms with Gasteiger partial charge < -0.3 is 4.74 Å². The molecule has 16 heavy (non-hydrogen) atoms. The van der Waals surface area contributed by atoms with Crippen LogP contribution < -0.4 is 0 Å². The van der Waals surface area contributed by atoms with E-state index in [1.165, 1.54) is 7.11 Å². The predicted molar refractivity (Wildman–Crippen MR) is 56.4 cm³/mol. The van der Waals surface area contributed by atoms with Crippen molar-refractivity contribution in [3.05, 3.63) is 35.4 Å². The van der Waals surface area contributed by atoms with Crippen LogP contribution in [0.1, 0.15) is 30.6 Å². The minimum atomic E-state index is -1.04. The third kappa shape index (κ3) is 2.44. The summed E-state index contributed by atoms with van der Waals surface area (Å²) in [7, 11) is 1.40. The fourth-order valence-corrected chi connectivity index (χ4v) is 1.39. The van der Waals surface area contributed by atoms with Gasteiger partial charge in [0.25, 0.3) is 0 Å². The van der Waals surface area contributed by atoms with Crippen LogP contribution in [0.25, 0.3) is 0 Å². The topological polar surface area (TPSA) is 26.3 Å². The van der Waals surface area contributed by atoms with Gasteiger partial charge >= 0.3 is 0 Å². The van der Waals surface area contributed by atoms with Crippen LogP contribution in [0.5, 0.6) is 0 Å². The summed E-state index contributed by atoms with van der Waals surface area (Å²) in [6.45, 7) is 3.37. The molecule has 0 N–H and O–H groups in total. The monoisotopic (exact) mass is 228 g/mol. The average Bonchev–Trinajstić information content (AvgIpc) is 2.25. The van der Waals surface area contributed by atoms with E-state index in [1.807, 2.05) is 0 Å². The molecule has 88 valence electrons. The van der Waals surface area contributed by atoms with Gasteiger partial charge in [-0.25, -0.2) is 8.78 Å². The number of rotatable bonds is 4. The van der Waals surface area contributed by atoms with Gasteiger partial charge in [0.2, 0.25) is 0 Å². The van der Waals surface area contributed by atoms with Crippen LogP contribution in [0.2, 0.25) is 0 Å². The molecule has 0 aliphatic carbocycles. The maximum Gasteiger partial charge on any atom is 0.194 e. The maximum atomic E-state index is 13.0. The molecular weight excluding hydrogens is 214 g/mol. The highest BCUT2D eigenvalue weighted by molar-refractivity contribution is 6.02. The van der Waals surface area contributed by atoms with Gasteiger partial charge in [-0.15, -0.1) is 0 Å². The van der Waals surface area contributed by atoms with E-state index >= 15 is 0 Å². The summed E-state index contributed by atoms with van der Waals surface area (Å²) in [5.41, 5.74) is -1.05. The molecule has 0 heterocycles. The standard InChI is InChI=1S/C12H14F2O2/c1-4-12(2,16-3)11(15)8-5-9(13)7-10(14)6-8/h5-7H,4H2,1-3H3. The summed E-state index contributed by atoms with van der Waals surface area (Å²) < 4.78 is 31.0. The van der Waals surface area contributed by atoms with E-state index in [0.717, 1.165) is 18.2 Å². The zero-order valence-corrected chi connectivity index (χ0v) is 9.51. The third-order valence-electron chi connectivity index (χ3n) is 2.73. The van der Waals surface area contributed by atoms with Gasteiger partial charge in [-0.2, -0.15) is 0 Å². The van der Waals surface area contributed by atoms with E-state index in [-0.39, 0.29) is 5.56 Å². The first-order valence-corrected chi connectivity index (χ1v) is 4.99. The SMILES string of the molecule is CCC(C)(OC)C(=O)c1cc(F)cc(F)c1. The lowest BCUT2D eigenvalue weighted by Crippen LogP contribution is -2.36. The number of Topliss-reactive ketones (excluding diaryl/α,β-unsaturated/α-hetero) is 1. The molecule has 0 saturated heterocycles. The van der Waals surface area contributed by atoms with Crippen LogP contribution in [0, 0.1) is 11.6 Å². The predicted octanol–water partition coefficient (Wildman–Crippen LogP) is 2.96. The zero-order chi connectivity index (χ0) is 12.3. The molecule has 0 fully saturated rings. The molecule has 1 rings (SSSR count). The number of benzene rings is 1. The van der Waals surface area contributed by atoms with Crippen molar-refractivity contribution in [2.75, 3.05) is 7.11 Å². The van der Waals surface area contributed by atoms with Crippen molar-refractivity contribution in [1.29, 1.82) is 0 Å². The van der Waals surface area contributed by atoms with Crippen molar-refractivity contribution < 1.29 is 18.3 Å². The number of hydrogen-bond acceptors (Lipinski definition) is 2. The Kier molecular flexibility index (Phi) is 3.75. The number of carbonyl (C=O) groups excluding carboxylic acids is 1. The second kappa shape index (κ2) is 4.70. The molecule has 1 unspecified atom stereocenters. The lowest BCUT2D eigenvalue weighted by Gasteiger charge is -2.24. The van der Waals surface area contributed by atoms with E-state index in [0.29, 0.717) is 6.42 Å². The number of ketones is 1. The highest BCUT2D eigenvalue weighted by Gasteiger charge is 2.32. The lowest BCUT2D eigenvalue weighted by atomic mass is 9.92. The Bertz CT molecular complexity index is 378. The average molecular weight is 228 g/mol. The van der Waals surface area contributed by atoms with E-state index in [1.54, 1.807) is 13.8 Å². The van der Waals surface area contributed by atoms with E-state index < -0.39 is 23.0 Å². The van der Waals surface area contributed by atoms with Crippen molar-refractivity contribution in [3.63, 3.8) is 0 Å². The molecular formula is C12H14F2O2. The molecule has 0 bridgehead atoms. The normalized spacial score (nSPS) is 14.6. The lowest BCUT2D eigenvalue weighted by molar-refractivity contribution is 0.0105. The van der Waals surface area contributed by atoms with Crippen molar-refractivity contribution in [1.82, 2.24) is 0 Å². The van der Waals surface area contributed by atoms with Gasteiger partial charge in [-0.05, 0) is 25.5 Å².